The number of benzene rings is 2. The highest BCUT2D eigenvalue weighted by molar-refractivity contribution is 5.86. The number of rotatable bonds is 8. The number of aryl methyl sites for hydroxylation is 1. The van der Waals surface area contributed by atoms with Gasteiger partial charge in [0.2, 0.25) is 5.82 Å². The molecule has 34 heavy (non-hydrogen) atoms. The Bertz CT molecular complexity index is 1160. The smallest absolute Gasteiger partial charge is 0.322 e. The molecule has 7 heteroatoms. The average Bonchev–Trinajstić information content (AvgIpc) is 3.32. The van der Waals surface area contributed by atoms with Gasteiger partial charge in [-0.2, -0.15) is 4.98 Å². The molecule has 178 valence electrons. The van der Waals surface area contributed by atoms with Crippen LogP contribution in [0, 0.1) is 5.92 Å². The SMILES string of the molecule is CCOc1ccc(-c2noc(C3=C(C)N(CC(C)C)C(=O)NC3c3ccc(CC)cc3)n2)cc1. The number of allylic oxidation sites excluding steroid dienone is 1. The van der Waals surface area contributed by atoms with Crippen LogP contribution in [0.3, 0.4) is 0 Å². The van der Waals surface area contributed by atoms with E-state index < -0.39 is 0 Å². The number of urea groups is 1. The van der Waals surface area contributed by atoms with Crippen LogP contribution in [0.1, 0.15) is 57.7 Å². The number of aromatic nitrogens is 2. The standard InChI is InChI=1S/C27H32N4O3/c1-6-19-8-10-20(11-9-19)24-23(18(5)31(16-17(3)4)27(32)28-24)26-29-25(30-34-26)21-12-14-22(15-13-21)33-7-2/h8-15,17,24H,6-7,16H2,1-5H3,(H,28,32). The fourth-order valence-electron chi connectivity index (χ4n) is 4.16. The Morgan fingerprint density at radius 3 is 2.41 bits per heavy atom. The van der Waals surface area contributed by atoms with Crippen molar-refractivity contribution in [1.29, 1.82) is 0 Å². The highest BCUT2D eigenvalue weighted by Gasteiger charge is 2.35. The average molecular weight is 461 g/mol. The molecule has 1 atom stereocenters. The fourth-order valence-corrected chi connectivity index (χ4v) is 4.16. The molecule has 0 aliphatic carbocycles. The number of hydrogen-bond acceptors (Lipinski definition) is 5. The number of ether oxygens (including phenoxy) is 1. The molecular formula is C27H32N4O3. The normalized spacial score (nSPS) is 16.2. The Hall–Kier alpha value is -3.61. The van der Waals surface area contributed by atoms with Crippen LogP contribution in [0.2, 0.25) is 0 Å². The van der Waals surface area contributed by atoms with Gasteiger partial charge in [0.25, 0.3) is 5.89 Å². The third kappa shape index (κ3) is 4.83. The van der Waals surface area contributed by atoms with Crippen LogP contribution in [0.5, 0.6) is 5.75 Å². The first-order valence-electron chi connectivity index (χ1n) is 11.9. The van der Waals surface area contributed by atoms with E-state index in [9.17, 15) is 4.79 Å². The van der Waals surface area contributed by atoms with E-state index >= 15 is 0 Å². The van der Waals surface area contributed by atoms with Gasteiger partial charge in [0.15, 0.2) is 0 Å². The Morgan fingerprint density at radius 1 is 1.09 bits per heavy atom. The molecule has 0 saturated carbocycles. The van der Waals surface area contributed by atoms with Crippen molar-refractivity contribution in [3.05, 3.63) is 71.2 Å². The lowest BCUT2D eigenvalue weighted by atomic mass is 9.93. The molecule has 1 aliphatic heterocycles. The molecule has 1 N–H and O–H groups in total. The Kier molecular flexibility index (Phi) is 7.01. The quantitative estimate of drug-likeness (QED) is 0.456. The summed E-state index contributed by atoms with van der Waals surface area (Å²) in [6.45, 7) is 11.4. The van der Waals surface area contributed by atoms with Gasteiger partial charge in [-0.05, 0) is 61.6 Å². The zero-order valence-electron chi connectivity index (χ0n) is 20.5. The van der Waals surface area contributed by atoms with Crippen LogP contribution in [0.4, 0.5) is 4.79 Å². The van der Waals surface area contributed by atoms with E-state index in [-0.39, 0.29) is 12.1 Å². The van der Waals surface area contributed by atoms with Crippen molar-refractivity contribution < 1.29 is 14.1 Å². The molecule has 3 aromatic rings. The number of carbonyl (C=O) groups is 1. The Labute approximate surface area is 200 Å². The maximum Gasteiger partial charge on any atom is 0.322 e. The van der Waals surface area contributed by atoms with E-state index in [1.165, 1.54) is 5.56 Å². The topological polar surface area (TPSA) is 80.5 Å². The number of hydrogen-bond donors (Lipinski definition) is 1. The third-order valence-electron chi connectivity index (χ3n) is 5.95. The molecule has 0 fully saturated rings. The van der Waals surface area contributed by atoms with Crippen LogP contribution in [0.25, 0.3) is 17.0 Å². The van der Waals surface area contributed by atoms with Gasteiger partial charge in [-0.15, -0.1) is 0 Å². The van der Waals surface area contributed by atoms with Crippen LogP contribution < -0.4 is 10.1 Å². The van der Waals surface area contributed by atoms with Gasteiger partial charge >= 0.3 is 6.03 Å². The van der Waals surface area contributed by atoms with Crippen molar-refractivity contribution in [3.63, 3.8) is 0 Å². The van der Waals surface area contributed by atoms with Crippen LogP contribution in [0.15, 0.2) is 58.8 Å². The maximum absolute atomic E-state index is 13.0. The van der Waals surface area contributed by atoms with Gasteiger partial charge in [0.05, 0.1) is 18.2 Å². The zero-order valence-corrected chi connectivity index (χ0v) is 20.5. The molecule has 0 bridgehead atoms. The minimum Gasteiger partial charge on any atom is -0.494 e. The monoisotopic (exact) mass is 460 g/mol. The summed E-state index contributed by atoms with van der Waals surface area (Å²) in [5.41, 5.74) is 4.69. The molecule has 0 radical (unpaired) electrons. The molecule has 0 saturated heterocycles. The Balaban J connectivity index is 1.75. The van der Waals surface area contributed by atoms with Crippen molar-refractivity contribution in [3.8, 4) is 17.1 Å². The van der Waals surface area contributed by atoms with Crippen LogP contribution in [-0.4, -0.2) is 34.2 Å². The molecule has 2 aromatic carbocycles. The largest absolute Gasteiger partial charge is 0.494 e. The summed E-state index contributed by atoms with van der Waals surface area (Å²) >= 11 is 0. The predicted octanol–water partition coefficient (Wildman–Crippen LogP) is 5.85. The van der Waals surface area contributed by atoms with Crippen molar-refractivity contribution in [2.45, 2.75) is 47.1 Å². The molecule has 1 aromatic heterocycles. The lowest BCUT2D eigenvalue weighted by Crippen LogP contribution is -2.47. The molecule has 0 spiro atoms. The second-order valence-electron chi connectivity index (χ2n) is 8.86. The van der Waals surface area contributed by atoms with E-state index in [4.69, 9.17) is 14.2 Å². The highest BCUT2D eigenvalue weighted by Crippen LogP contribution is 2.37. The number of nitrogens with one attached hydrogen (secondary N) is 1. The summed E-state index contributed by atoms with van der Waals surface area (Å²) in [7, 11) is 0. The lowest BCUT2D eigenvalue weighted by molar-refractivity contribution is 0.199. The minimum atomic E-state index is -0.379. The van der Waals surface area contributed by atoms with E-state index in [1.807, 2.05) is 38.1 Å². The molecule has 7 nitrogen and oxygen atoms in total. The van der Waals surface area contributed by atoms with Crippen LogP contribution >= 0.6 is 0 Å². The summed E-state index contributed by atoms with van der Waals surface area (Å²) in [4.78, 5) is 19.5. The highest BCUT2D eigenvalue weighted by atomic mass is 16.5. The summed E-state index contributed by atoms with van der Waals surface area (Å²) in [5, 5.41) is 7.40. The van der Waals surface area contributed by atoms with Crippen molar-refractivity contribution in [1.82, 2.24) is 20.4 Å². The summed E-state index contributed by atoms with van der Waals surface area (Å²) in [6, 6.07) is 15.4. The molecule has 2 heterocycles. The molecule has 4 rings (SSSR count). The molecule has 2 amide bonds. The van der Waals surface area contributed by atoms with Gasteiger partial charge in [-0.3, -0.25) is 4.90 Å². The molecule has 1 aliphatic rings. The van der Waals surface area contributed by atoms with Gasteiger partial charge in [0.1, 0.15) is 5.75 Å². The fraction of sp³-hybridized carbons (Fsp3) is 0.370. The van der Waals surface area contributed by atoms with E-state index in [0.29, 0.717) is 30.8 Å². The molecule has 1 unspecified atom stereocenters. The van der Waals surface area contributed by atoms with Gasteiger partial charge in [-0.25, -0.2) is 4.79 Å². The second kappa shape index (κ2) is 10.1. The number of amides is 2. The third-order valence-corrected chi connectivity index (χ3v) is 5.95. The predicted molar refractivity (Wildman–Crippen MR) is 132 cm³/mol. The van der Waals surface area contributed by atoms with E-state index in [0.717, 1.165) is 34.6 Å². The first kappa shape index (κ1) is 23.5. The number of nitrogens with zero attached hydrogens (tertiary/aromatic N) is 3. The first-order chi connectivity index (χ1) is 16.4. The van der Waals surface area contributed by atoms with Crippen molar-refractivity contribution in [2.24, 2.45) is 5.92 Å². The minimum absolute atomic E-state index is 0.120. The first-order valence-corrected chi connectivity index (χ1v) is 11.9. The van der Waals surface area contributed by atoms with Gasteiger partial charge in [-0.1, -0.05) is 50.2 Å². The van der Waals surface area contributed by atoms with Crippen molar-refractivity contribution >= 4 is 11.6 Å². The van der Waals surface area contributed by atoms with Crippen molar-refractivity contribution in [2.75, 3.05) is 13.2 Å². The van der Waals surface area contributed by atoms with E-state index in [2.05, 4.69) is 55.5 Å². The van der Waals surface area contributed by atoms with Gasteiger partial charge < -0.3 is 14.6 Å². The zero-order chi connectivity index (χ0) is 24.2. The Morgan fingerprint density at radius 2 is 1.79 bits per heavy atom. The summed E-state index contributed by atoms with van der Waals surface area (Å²) in [5.74, 6) is 2.00. The van der Waals surface area contributed by atoms with E-state index in [1.54, 1.807) is 4.90 Å². The second-order valence-corrected chi connectivity index (χ2v) is 8.86. The maximum atomic E-state index is 13.0. The van der Waals surface area contributed by atoms with Gasteiger partial charge in [0, 0.05) is 17.8 Å². The lowest BCUT2D eigenvalue weighted by Gasteiger charge is -2.36. The van der Waals surface area contributed by atoms with Crippen LogP contribution in [-0.2, 0) is 6.42 Å². The number of carbonyl (C=O) groups excluding carboxylic acids is 1. The molecular weight excluding hydrogens is 428 g/mol. The summed E-state index contributed by atoms with van der Waals surface area (Å²) in [6.07, 6.45) is 0.955. The summed E-state index contributed by atoms with van der Waals surface area (Å²) < 4.78 is 11.3.